The zero-order chi connectivity index (χ0) is 14.0. The van der Waals surface area contributed by atoms with Crippen LogP contribution < -0.4 is 11.3 Å². The monoisotopic (exact) mass is 369 g/mol. The third-order valence-electron chi connectivity index (χ3n) is 2.76. The second kappa shape index (κ2) is 5.52. The van der Waals surface area contributed by atoms with Gasteiger partial charge in [0.25, 0.3) is 5.56 Å². The fourth-order valence-electron chi connectivity index (χ4n) is 1.74. The van der Waals surface area contributed by atoms with Gasteiger partial charge in [-0.1, -0.05) is 12.1 Å². The van der Waals surface area contributed by atoms with Crippen LogP contribution in [0, 0.1) is 10.5 Å². The summed E-state index contributed by atoms with van der Waals surface area (Å²) in [5.41, 5.74) is 6.42. The van der Waals surface area contributed by atoms with Gasteiger partial charge < -0.3 is 5.73 Å². The number of aryl methyl sites for hydroxylation is 1. The van der Waals surface area contributed by atoms with Gasteiger partial charge in [-0.2, -0.15) is 0 Å². The third kappa shape index (κ3) is 3.01. The van der Waals surface area contributed by atoms with Crippen LogP contribution in [0.4, 0.5) is 0 Å². The van der Waals surface area contributed by atoms with E-state index in [1.807, 2.05) is 28.7 Å². The van der Waals surface area contributed by atoms with Gasteiger partial charge in [0, 0.05) is 11.8 Å². The quantitative estimate of drug-likeness (QED) is 0.829. The van der Waals surface area contributed by atoms with E-state index in [0.717, 1.165) is 5.56 Å². The molecule has 1 aromatic heterocycles. The number of nitrogens with zero attached hydrogens (tertiary/aromatic N) is 2. The van der Waals surface area contributed by atoms with Gasteiger partial charge in [0.05, 0.1) is 10.1 Å². The van der Waals surface area contributed by atoms with Crippen LogP contribution in [0.25, 0.3) is 0 Å². The summed E-state index contributed by atoms with van der Waals surface area (Å²) in [7, 11) is 0. The molecule has 19 heavy (non-hydrogen) atoms. The van der Waals surface area contributed by atoms with Crippen molar-refractivity contribution in [2.24, 2.45) is 5.73 Å². The number of nitrogens with two attached hydrogens (primary N) is 1. The molecule has 1 amide bonds. The largest absolute Gasteiger partial charge is 0.366 e. The van der Waals surface area contributed by atoms with E-state index in [9.17, 15) is 9.59 Å². The molecule has 2 aromatic rings. The van der Waals surface area contributed by atoms with E-state index in [-0.39, 0.29) is 5.56 Å². The first-order chi connectivity index (χ1) is 8.99. The molecular formula is C13H12IN3O2. The minimum atomic E-state index is -0.480. The first-order valence-corrected chi connectivity index (χ1v) is 6.67. The number of carbonyl (C=O) groups is 1. The minimum absolute atomic E-state index is 0.0856. The second-order valence-corrected chi connectivity index (χ2v) is 5.27. The van der Waals surface area contributed by atoms with Crippen molar-refractivity contribution >= 4 is 28.5 Å². The number of rotatable bonds is 3. The lowest BCUT2D eigenvalue weighted by Crippen LogP contribution is -2.26. The van der Waals surface area contributed by atoms with Gasteiger partial charge in [0.15, 0.2) is 0 Å². The lowest BCUT2D eigenvalue weighted by molar-refractivity contribution is 0.1000. The molecule has 98 valence electrons. The molecule has 6 heteroatoms. The molecule has 0 unspecified atom stereocenters. The highest BCUT2D eigenvalue weighted by Crippen LogP contribution is 2.07. The van der Waals surface area contributed by atoms with E-state index in [1.54, 1.807) is 35.9 Å². The van der Waals surface area contributed by atoms with Crippen molar-refractivity contribution in [3.05, 3.63) is 61.3 Å². The molecule has 0 radical (unpaired) electrons. The number of benzene rings is 1. The SMILES string of the molecule is Cc1ncc(I)c(=O)n1Cc1cccc(C(N)=O)c1. The van der Waals surface area contributed by atoms with E-state index < -0.39 is 5.91 Å². The Labute approximate surface area is 123 Å². The van der Waals surface area contributed by atoms with E-state index in [4.69, 9.17) is 5.73 Å². The predicted molar refractivity (Wildman–Crippen MR) is 80.0 cm³/mol. The average molecular weight is 369 g/mol. The van der Waals surface area contributed by atoms with Crippen molar-refractivity contribution in [2.45, 2.75) is 13.5 Å². The van der Waals surface area contributed by atoms with Crippen LogP contribution in [-0.4, -0.2) is 15.5 Å². The highest BCUT2D eigenvalue weighted by Gasteiger charge is 2.07. The predicted octanol–water partition coefficient (Wildman–Crippen LogP) is 1.30. The maximum atomic E-state index is 12.0. The number of carbonyl (C=O) groups excluding carboxylic acids is 1. The number of amides is 1. The van der Waals surface area contributed by atoms with Crippen LogP contribution in [-0.2, 0) is 6.54 Å². The Bertz CT molecular complexity index is 695. The van der Waals surface area contributed by atoms with E-state index in [1.165, 1.54) is 0 Å². The molecule has 0 bridgehead atoms. The summed E-state index contributed by atoms with van der Waals surface area (Å²) in [5.74, 6) is 0.154. The highest BCUT2D eigenvalue weighted by atomic mass is 127. The standard InChI is InChI=1S/C13H12IN3O2/c1-8-16-6-11(14)13(19)17(8)7-9-3-2-4-10(5-9)12(15)18/h2-6H,7H2,1H3,(H2,15,18). The van der Waals surface area contributed by atoms with Gasteiger partial charge in [-0.3, -0.25) is 14.2 Å². The molecule has 2 rings (SSSR count). The number of primary amides is 1. The summed E-state index contributed by atoms with van der Waals surface area (Å²) in [4.78, 5) is 27.3. The van der Waals surface area contributed by atoms with Gasteiger partial charge in [-0.25, -0.2) is 4.98 Å². The van der Waals surface area contributed by atoms with Crippen LogP contribution in [0.15, 0.2) is 35.3 Å². The summed E-state index contributed by atoms with van der Waals surface area (Å²) in [6.45, 7) is 2.14. The third-order valence-corrected chi connectivity index (χ3v) is 3.50. The van der Waals surface area contributed by atoms with Gasteiger partial charge in [-0.15, -0.1) is 0 Å². The van der Waals surface area contributed by atoms with Crippen LogP contribution in [0.1, 0.15) is 21.7 Å². The van der Waals surface area contributed by atoms with Crippen molar-refractivity contribution in [3.8, 4) is 0 Å². The molecule has 0 atom stereocenters. The van der Waals surface area contributed by atoms with Gasteiger partial charge in [0.2, 0.25) is 5.91 Å². The lowest BCUT2D eigenvalue weighted by atomic mass is 10.1. The Balaban J connectivity index is 2.42. The maximum Gasteiger partial charge on any atom is 0.267 e. The maximum absolute atomic E-state index is 12.0. The Morgan fingerprint density at radius 2 is 2.21 bits per heavy atom. The Kier molecular flexibility index (Phi) is 3.98. The van der Waals surface area contributed by atoms with Crippen LogP contribution in [0.3, 0.4) is 0 Å². The molecule has 0 saturated carbocycles. The molecule has 0 aliphatic carbocycles. The van der Waals surface area contributed by atoms with Crippen LogP contribution in [0.5, 0.6) is 0 Å². The first kappa shape index (κ1) is 13.7. The average Bonchev–Trinajstić information content (AvgIpc) is 2.39. The summed E-state index contributed by atoms with van der Waals surface area (Å²) in [6.07, 6.45) is 1.55. The summed E-state index contributed by atoms with van der Waals surface area (Å²) in [5, 5.41) is 0. The Morgan fingerprint density at radius 3 is 2.89 bits per heavy atom. The summed E-state index contributed by atoms with van der Waals surface area (Å²) < 4.78 is 2.14. The van der Waals surface area contributed by atoms with Crippen LogP contribution >= 0.6 is 22.6 Å². The second-order valence-electron chi connectivity index (χ2n) is 4.11. The Hall–Kier alpha value is -1.70. The molecule has 1 heterocycles. The lowest BCUT2D eigenvalue weighted by Gasteiger charge is -2.10. The molecule has 0 fully saturated rings. The summed E-state index contributed by atoms with van der Waals surface area (Å²) in [6, 6.07) is 6.93. The zero-order valence-electron chi connectivity index (χ0n) is 10.3. The summed E-state index contributed by atoms with van der Waals surface area (Å²) >= 11 is 1.96. The van der Waals surface area contributed by atoms with E-state index in [2.05, 4.69) is 4.98 Å². The molecular weight excluding hydrogens is 357 g/mol. The fourth-order valence-corrected chi connectivity index (χ4v) is 2.17. The number of hydrogen-bond donors (Lipinski definition) is 1. The number of halogens is 1. The van der Waals surface area contributed by atoms with E-state index >= 15 is 0 Å². The van der Waals surface area contributed by atoms with Gasteiger partial charge in [-0.05, 0) is 47.2 Å². The molecule has 0 aliphatic rings. The van der Waals surface area contributed by atoms with Gasteiger partial charge in [0.1, 0.15) is 5.82 Å². The van der Waals surface area contributed by atoms with Gasteiger partial charge >= 0.3 is 0 Å². The van der Waals surface area contributed by atoms with Crippen molar-refractivity contribution in [2.75, 3.05) is 0 Å². The fraction of sp³-hybridized carbons (Fsp3) is 0.154. The molecule has 2 N–H and O–H groups in total. The molecule has 0 saturated heterocycles. The van der Waals surface area contributed by atoms with Crippen molar-refractivity contribution in [1.29, 1.82) is 0 Å². The zero-order valence-corrected chi connectivity index (χ0v) is 12.4. The van der Waals surface area contributed by atoms with E-state index in [0.29, 0.717) is 21.5 Å². The van der Waals surface area contributed by atoms with Crippen molar-refractivity contribution in [1.82, 2.24) is 9.55 Å². The molecule has 0 spiro atoms. The minimum Gasteiger partial charge on any atom is -0.366 e. The topological polar surface area (TPSA) is 78.0 Å². The normalized spacial score (nSPS) is 10.4. The molecule has 1 aromatic carbocycles. The number of hydrogen-bond acceptors (Lipinski definition) is 3. The van der Waals surface area contributed by atoms with Crippen molar-refractivity contribution in [3.63, 3.8) is 0 Å². The molecule has 0 aliphatic heterocycles. The van der Waals surface area contributed by atoms with Crippen LogP contribution in [0.2, 0.25) is 0 Å². The number of aromatic nitrogens is 2. The first-order valence-electron chi connectivity index (χ1n) is 5.59. The highest BCUT2D eigenvalue weighted by molar-refractivity contribution is 14.1. The van der Waals surface area contributed by atoms with Crippen molar-refractivity contribution < 1.29 is 4.79 Å². The molecule has 5 nitrogen and oxygen atoms in total. The smallest absolute Gasteiger partial charge is 0.267 e. The Morgan fingerprint density at radius 1 is 1.47 bits per heavy atom.